The predicted molar refractivity (Wildman–Crippen MR) is 258 cm³/mol. The Balaban J connectivity index is 2.20. The Kier molecular flexibility index (Phi) is 41.2. The Morgan fingerprint density at radius 3 is 1.34 bits per heavy atom. The van der Waals surface area contributed by atoms with Crippen LogP contribution in [0.15, 0.2) is 24.3 Å². The summed E-state index contributed by atoms with van der Waals surface area (Å²) >= 11 is 0. The first-order chi connectivity index (χ1) is 30.3. The van der Waals surface area contributed by atoms with Gasteiger partial charge in [0.05, 0.1) is 25.4 Å². The van der Waals surface area contributed by atoms with Crippen molar-refractivity contribution in [1.82, 2.24) is 5.32 Å². The van der Waals surface area contributed by atoms with Gasteiger partial charge in [0.25, 0.3) is 0 Å². The topological polar surface area (TPSA) is 149 Å². The number of aliphatic hydroxyl groups excluding tert-OH is 5. The molecule has 0 aliphatic carbocycles. The van der Waals surface area contributed by atoms with Gasteiger partial charge in [0.15, 0.2) is 6.29 Å². The number of carbonyl (C=O) groups excluding carboxylic acids is 1. The van der Waals surface area contributed by atoms with E-state index in [9.17, 15) is 30.3 Å². The molecule has 1 aliphatic heterocycles. The van der Waals surface area contributed by atoms with E-state index in [1.165, 1.54) is 173 Å². The van der Waals surface area contributed by atoms with Gasteiger partial charge in [-0.3, -0.25) is 4.79 Å². The summed E-state index contributed by atoms with van der Waals surface area (Å²) in [5.41, 5.74) is 0. The fourth-order valence-corrected chi connectivity index (χ4v) is 8.51. The summed E-state index contributed by atoms with van der Waals surface area (Å²) in [6.45, 7) is 3.76. The van der Waals surface area contributed by atoms with Crippen LogP contribution in [0.5, 0.6) is 0 Å². The molecule has 7 unspecified atom stereocenters. The molecule has 0 spiro atoms. The van der Waals surface area contributed by atoms with Gasteiger partial charge >= 0.3 is 0 Å². The number of hydrogen-bond donors (Lipinski definition) is 6. The highest BCUT2D eigenvalue weighted by molar-refractivity contribution is 5.76. The number of hydrogen-bond acceptors (Lipinski definition) is 8. The molecule has 9 heteroatoms. The Morgan fingerprint density at radius 2 is 0.903 bits per heavy atom. The van der Waals surface area contributed by atoms with Gasteiger partial charge in [0.1, 0.15) is 24.4 Å². The summed E-state index contributed by atoms with van der Waals surface area (Å²) in [6.07, 6.45) is 46.8. The van der Waals surface area contributed by atoms with Gasteiger partial charge in [-0.05, 0) is 44.9 Å². The van der Waals surface area contributed by atoms with Gasteiger partial charge in [-0.1, -0.05) is 224 Å². The first kappa shape index (κ1) is 58.7. The highest BCUT2D eigenvalue weighted by atomic mass is 16.7. The maximum absolute atomic E-state index is 12.9. The van der Waals surface area contributed by atoms with Crippen LogP contribution < -0.4 is 5.32 Å². The van der Waals surface area contributed by atoms with E-state index < -0.39 is 49.5 Å². The molecule has 1 amide bonds. The van der Waals surface area contributed by atoms with Crippen molar-refractivity contribution < 1.29 is 39.8 Å². The van der Waals surface area contributed by atoms with Gasteiger partial charge in [-0.25, -0.2) is 0 Å². The van der Waals surface area contributed by atoms with Crippen molar-refractivity contribution >= 4 is 5.91 Å². The van der Waals surface area contributed by atoms with Crippen molar-refractivity contribution in [1.29, 1.82) is 0 Å². The second kappa shape index (κ2) is 43.6. The van der Waals surface area contributed by atoms with Crippen LogP contribution in [0.2, 0.25) is 0 Å². The van der Waals surface area contributed by atoms with Crippen molar-refractivity contribution in [2.45, 2.75) is 294 Å². The van der Waals surface area contributed by atoms with E-state index in [1.54, 1.807) is 6.08 Å². The van der Waals surface area contributed by atoms with E-state index in [0.717, 1.165) is 57.8 Å². The zero-order valence-corrected chi connectivity index (χ0v) is 40.4. The summed E-state index contributed by atoms with van der Waals surface area (Å²) in [5.74, 6) is -0.185. The summed E-state index contributed by atoms with van der Waals surface area (Å²) in [6, 6.07) is -0.806. The number of ether oxygens (including phenoxy) is 2. The number of allylic oxidation sites excluding steroid dienone is 3. The van der Waals surface area contributed by atoms with E-state index in [2.05, 4.69) is 31.3 Å². The second-order valence-corrected chi connectivity index (χ2v) is 18.7. The average Bonchev–Trinajstić information content (AvgIpc) is 3.27. The number of rotatable bonds is 45. The van der Waals surface area contributed by atoms with Crippen LogP contribution in [0.4, 0.5) is 0 Å². The van der Waals surface area contributed by atoms with E-state index in [-0.39, 0.29) is 12.5 Å². The van der Waals surface area contributed by atoms with Gasteiger partial charge in [-0.15, -0.1) is 0 Å². The summed E-state index contributed by atoms with van der Waals surface area (Å²) in [5, 5.41) is 54.3. The largest absolute Gasteiger partial charge is 0.394 e. The smallest absolute Gasteiger partial charge is 0.220 e. The Morgan fingerprint density at radius 1 is 0.532 bits per heavy atom. The average molecular weight is 880 g/mol. The minimum Gasteiger partial charge on any atom is -0.394 e. The molecule has 1 fully saturated rings. The molecule has 1 rings (SSSR count). The second-order valence-electron chi connectivity index (χ2n) is 18.7. The Labute approximate surface area is 381 Å². The lowest BCUT2D eigenvalue weighted by atomic mass is 9.99. The highest BCUT2D eigenvalue weighted by Crippen LogP contribution is 2.23. The van der Waals surface area contributed by atoms with Crippen molar-refractivity contribution in [3.05, 3.63) is 24.3 Å². The molecule has 0 aromatic rings. The minimum absolute atomic E-state index is 0.185. The molecule has 62 heavy (non-hydrogen) atoms. The molecule has 0 aromatic heterocycles. The maximum atomic E-state index is 12.9. The molecule has 1 heterocycles. The van der Waals surface area contributed by atoms with Crippen molar-refractivity contribution in [2.24, 2.45) is 0 Å². The Hall–Kier alpha value is -1.33. The van der Waals surface area contributed by atoms with Crippen molar-refractivity contribution in [3.8, 4) is 0 Å². The third-order valence-electron chi connectivity index (χ3n) is 12.8. The number of nitrogens with one attached hydrogen (secondary N) is 1. The lowest BCUT2D eigenvalue weighted by molar-refractivity contribution is -0.302. The zero-order valence-electron chi connectivity index (χ0n) is 40.4. The molecule has 0 aromatic carbocycles. The van der Waals surface area contributed by atoms with E-state index in [0.29, 0.717) is 6.42 Å². The number of amides is 1. The van der Waals surface area contributed by atoms with Crippen molar-refractivity contribution in [3.63, 3.8) is 0 Å². The first-order valence-corrected chi connectivity index (χ1v) is 26.6. The Bertz CT molecular complexity index is 1020. The first-order valence-electron chi connectivity index (χ1n) is 26.6. The van der Waals surface area contributed by atoms with Crippen LogP contribution in [0.1, 0.15) is 251 Å². The zero-order chi connectivity index (χ0) is 45.1. The standard InChI is InChI=1S/C53H101NO8/c1-3-5-7-9-11-13-15-17-18-19-20-21-22-23-24-25-26-27-28-29-30-31-32-34-36-38-40-42-47(56)46(45-61-53-52(60)51(59)50(58)48(44-55)62-53)54-49(57)43-41-39-37-35-33-16-14-12-10-8-6-4-2/h12,14,40,42,46-48,50-53,55-56,58-60H,3-11,13,15-39,41,43-45H2,1-2H3,(H,54,57)/b14-12-,42-40+. The third kappa shape index (κ3) is 33.2. The molecule has 6 N–H and O–H groups in total. The minimum atomic E-state index is -1.57. The molecular formula is C53H101NO8. The predicted octanol–water partition coefficient (Wildman–Crippen LogP) is 12.2. The van der Waals surface area contributed by atoms with Crippen LogP contribution in [0.3, 0.4) is 0 Å². The number of aliphatic hydroxyl groups is 5. The molecule has 0 bridgehead atoms. The lowest BCUT2D eigenvalue weighted by Gasteiger charge is -2.40. The normalized spacial score (nSPS) is 20.4. The fraction of sp³-hybridized carbons (Fsp3) is 0.906. The monoisotopic (exact) mass is 880 g/mol. The van der Waals surface area contributed by atoms with Gasteiger partial charge in [-0.2, -0.15) is 0 Å². The highest BCUT2D eigenvalue weighted by Gasteiger charge is 2.44. The van der Waals surface area contributed by atoms with Gasteiger partial charge in [0.2, 0.25) is 5.91 Å². The summed E-state index contributed by atoms with van der Waals surface area (Å²) in [7, 11) is 0. The van der Waals surface area contributed by atoms with Crippen molar-refractivity contribution in [2.75, 3.05) is 13.2 Å². The van der Waals surface area contributed by atoms with Gasteiger partial charge < -0.3 is 40.3 Å². The van der Waals surface area contributed by atoms with Crippen LogP contribution >= 0.6 is 0 Å². The number of carbonyl (C=O) groups is 1. The fourth-order valence-electron chi connectivity index (χ4n) is 8.51. The van der Waals surface area contributed by atoms with E-state index in [4.69, 9.17) is 9.47 Å². The molecule has 0 radical (unpaired) electrons. The molecule has 366 valence electrons. The quantitative estimate of drug-likeness (QED) is 0.0262. The third-order valence-corrected chi connectivity index (χ3v) is 12.8. The van der Waals surface area contributed by atoms with Crippen LogP contribution in [0, 0.1) is 0 Å². The van der Waals surface area contributed by atoms with Crippen LogP contribution in [0.25, 0.3) is 0 Å². The molecule has 9 nitrogen and oxygen atoms in total. The molecular weight excluding hydrogens is 779 g/mol. The summed E-state index contributed by atoms with van der Waals surface area (Å²) < 4.78 is 11.2. The lowest BCUT2D eigenvalue weighted by Crippen LogP contribution is -2.60. The molecule has 7 atom stereocenters. The SMILES string of the molecule is CCCCC/C=C\CCCCCCCC(=O)NC(COC1OC(CO)C(O)C(O)C1O)C(O)/C=C/CCCCCCCCCCCCCCCCCCCCCCCCCCC. The van der Waals surface area contributed by atoms with E-state index in [1.807, 2.05) is 6.08 Å². The summed E-state index contributed by atoms with van der Waals surface area (Å²) in [4.78, 5) is 12.9. The van der Waals surface area contributed by atoms with Gasteiger partial charge in [0, 0.05) is 6.42 Å². The molecule has 1 saturated heterocycles. The number of unbranched alkanes of at least 4 members (excludes halogenated alkanes) is 33. The molecule has 1 aliphatic rings. The maximum Gasteiger partial charge on any atom is 0.220 e. The van der Waals surface area contributed by atoms with Crippen LogP contribution in [-0.4, -0.2) is 87.5 Å². The van der Waals surface area contributed by atoms with Crippen LogP contribution in [-0.2, 0) is 14.3 Å². The molecule has 0 saturated carbocycles. The van der Waals surface area contributed by atoms with E-state index >= 15 is 0 Å².